The van der Waals surface area contributed by atoms with Gasteiger partial charge in [0.05, 0.1) is 20.6 Å². The summed E-state index contributed by atoms with van der Waals surface area (Å²) in [7, 11) is 3.81. The molecule has 0 spiro atoms. The zero-order valence-electron chi connectivity index (χ0n) is 61.6. The van der Waals surface area contributed by atoms with E-state index in [0.717, 1.165) is 27.8 Å². The monoisotopic (exact) mass is 1480 g/mol. The number of carbonyl (C=O) groups is 4. The quantitative estimate of drug-likeness (QED) is 0.0222. The van der Waals surface area contributed by atoms with Crippen LogP contribution in [0.3, 0.4) is 0 Å². The second-order valence-electron chi connectivity index (χ2n) is 31.3. The number of hydrogen-bond acceptors (Lipinski definition) is 14. The number of hydrogen-bond donors (Lipinski definition) is 0. The van der Waals surface area contributed by atoms with Crippen molar-refractivity contribution in [1.82, 2.24) is 9.80 Å². The van der Waals surface area contributed by atoms with Crippen molar-refractivity contribution in [3.63, 3.8) is 0 Å². The number of nitrogens with zero attached hydrogens (tertiary/aromatic N) is 2. The maximum atomic E-state index is 14.6. The van der Waals surface area contributed by atoms with Gasteiger partial charge in [0.25, 0.3) is 0 Å². The Labute approximate surface area is 596 Å². The summed E-state index contributed by atoms with van der Waals surface area (Å²) in [5.74, 6) is 1.30. The van der Waals surface area contributed by atoms with Crippen LogP contribution in [-0.2, 0) is 54.9 Å². The third-order valence-electron chi connectivity index (χ3n) is 20.3. The van der Waals surface area contributed by atoms with Crippen molar-refractivity contribution in [1.29, 1.82) is 0 Å². The van der Waals surface area contributed by atoms with Gasteiger partial charge in [0.15, 0.2) is 11.4 Å². The molecule has 0 heterocycles. The summed E-state index contributed by atoms with van der Waals surface area (Å²) in [6, 6.07) is 44.2. The van der Waals surface area contributed by atoms with Crippen LogP contribution in [0.15, 0.2) is 155 Å². The lowest BCUT2D eigenvalue weighted by Crippen LogP contribution is -2.55. The second-order valence-corrected chi connectivity index (χ2v) is 37.0. The van der Waals surface area contributed by atoms with Crippen LogP contribution < -0.4 is 18.9 Å². The van der Waals surface area contributed by atoms with Gasteiger partial charge in [-0.1, -0.05) is 155 Å². The van der Waals surface area contributed by atoms with Crippen LogP contribution in [0.25, 0.3) is 0 Å². The summed E-state index contributed by atoms with van der Waals surface area (Å²) < 4.78 is 62.9. The third-order valence-corrected chi connectivity index (χ3v) is 23.6. The number of alkyl halides is 2. The van der Waals surface area contributed by atoms with E-state index in [9.17, 15) is 27.6 Å². The highest BCUT2D eigenvalue weighted by atomic mass is 79.9. The largest absolute Gasteiger partial charge is 0.483 e. The van der Waals surface area contributed by atoms with Crippen molar-refractivity contribution in [2.45, 2.75) is 185 Å². The molecule has 2 unspecified atom stereocenters. The lowest BCUT2D eigenvalue weighted by atomic mass is 9.56. The minimum absolute atomic E-state index is 0.0862. The number of halogens is 2. The van der Waals surface area contributed by atoms with E-state index in [1.54, 1.807) is 81.4 Å². The number of rotatable bonds is 32. The molecule has 97 heavy (non-hydrogen) atoms. The van der Waals surface area contributed by atoms with Gasteiger partial charge in [-0.25, -0.2) is 8.42 Å². The van der Waals surface area contributed by atoms with Gasteiger partial charge in [0.1, 0.15) is 51.9 Å². The summed E-state index contributed by atoms with van der Waals surface area (Å²) in [5, 5.41) is 0. The molecule has 0 saturated carbocycles. The van der Waals surface area contributed by atoms with E-state index < -0.39 is 68.1 Å². The first kappa shape index (κ1) is 79.6. The van der Waals surface area contributed by atoms with Gasteiger partial charge in [0, 0.05) is 33.7 Å². The molecule has 0 saturated heterocycles. The molecule has 0 fully saturated rings. The first-order chi connectivity index (χ1) is 44.5. The van der Waals surface area contributed by atoms with Gasteiger partial charge < -0.3 is 38.2 Å². The highest BCUT2D eigenvalue weighted by Crippen LogP contribution is 2.54. The zero-order chi connectivity index (χ0) is 72.9. The molecule has 0 amide bonds. The Morgan fingerprint density at radius 3 is 1.21 bits per heavy atom. The number of esters is 3. The van der Waals surface area contributed by atoms with Crippen LogP contribution in [0.1, 0.15) is 172 Å². The van der Waals surface area contributed by atoms with Crippen LogP contribution in [0.5, 0.6) is 28.7 Å². The number of benzene rings is 6. The van der Waals surface area contributed by atoms with Crippen LogP contribution in [0.4, 0.5) is 0 Å². The van der Waals surface area contributed by atoms with Crippen LogP contribution in [0, 0.1) is 27.6 Å². The normalized spacial score (nSPS) is 14.6. The fourth-order valence-electron chi connectivity index (χ4n) is 11.8. The summed E-state index contributed by atoms with van der Waals surface area (Å²) >= 11 is 7.36. The third kappa shape index (κ3) is 18.9. The van der Waals surface area contributed by atoms with E-state index in [1.165, 1.54) is 0 Å². The molecule has 14 nitrogen and oxygen atoms in total. The minimum Gasteiger partial charge on any atom is -0.483 e. The van der Waals surface area contributed by atoms with Gasteiger partial charge in [-0.2, -0.15) is 0 Å². The minimum atomic E-state index is -3.88. The number of ether oxygens (including phenoxy) is 6. The molecule has 0 bridgehead atoms. The predicted molar refractivity (Wildman–Crippen MR) is 395 cm³/mol. The average molecular weight is 1480 g/mol. The zero-order valence-corrected chi connectivity index (χ0v) is 65.6. The van der Waals surface area contributed by atoms with Gasteiger partial charge >= 0.3 is 17.9 Å². The topological polar surface area (TPSA) is 164 Å². The highest BCUT2D eigenvalue weighted by molar-refractivity contribution is 9.10. The molecule has 17 heteroatoms. The molecule has 6 rings (SSSR count). The van der Waals surface area contributed by atoms with Crippen LogP contribution >= 0.6 is 31.9 Å². The first-order valence-electron chi connectivity index (χ1n) is 33.2. The van der Waals surface area contributed by atoms with Crippen molar-refractivity contribution in [2.24, 2.45) is 27.6 Å². The maximum Gasteiger partial charge on any atom is 0.322 e. The predicted octanol–water partition coefficient (Wildman–Crippen LogP) is 17.9. The Bertz CT molecular complexity index is 3790. The van der Waals surface area contributed by atoms with Crippen LogP contribution in [-0.4, -0.2) is 111 Å². The molecular weight excluding hydrogens is 1370 g/mol. The maximum absolute atomic E-state index is 14.6. The molecule has 528 valence electrons. The number of likely N-dealkylation sites (N-methyl/N-ethyl adjacent to an activating group) is 2. The molecule has 6 aromatic carbocycles. The molecule has 0 aromatic heterocycles. The van der Waals surface area contributed by atoms with Crippen molar-refractivity contribution in [3.8, 4) is 28.7 Å². The number of Topliss-reactive ketones (excluding diaryl/α,β-unsaturated/α-hetero) is 1. The second kappa shape index (κ2) is 30.2. The van der Waals surface area contributed by atoms with E-state index in [-0.39, 0.29) is 46.6 Å². The summed E-state index contributed by atoms with van der Waals surface area (Å²) in [5.41, 5.74) is -1.39. The average Bonchev–Trinajstić information content (AvgIpc) is 0.749. The number of carbonyl (C=O) groups excluding carboxylic acids is 4. The van der Waals surface area contributed by atoms with E-state index >= 15 is 0 Å². The Morgan fingerprint density at radius 1 is 0.454 bits per heavy atom. The van der Waals surface area contributed by atoms with E-state index in [1.807, 2.05) is 206 Å². The molecule has 0 aliphatic heterocycles. The van der Waals surface area contributed by atoms with E-state index in [2.05, 4.69) is 59.6 Å². The van der Waals surface area contributed by atoms with Crippen molar-refractivity contribution < 1.29 is 56.0 Å². The molecular formula is C80H106Br2N2O12S. The van der Waals surface area contributed by atoms with E-state index in [4.69, 9.17) is 28.4 Å². The van der Waals surface area contributed by atoms with Gasteiger partial charge in [-0.05, 0) is 234 Å². The van der Waals surface area contributed by atoms with Gasteiger partial charge in [0.2, 0.25) is 9.84 Å². The van der Waals surface area contributed by atoms with E-state index in [0.29, 0.717) is 54.7 Å². The summed E-state index contributed by atoms with van der Waals surface area (Å²) in [6.07, 6.45) is 0.750. The standard InChI is InChI=1S/C80H106Br2N2O12S/c1-54(52-80(19,82)70(88)92-51-49-84(22)23)72(4,5)68(86)94-62-36-26-56(27-37-62)74(8,9)57-28-38-63(39-29-57)95-76(12,13)59-32-44-65(45-33-59)97(89,90)66-46-42-61(43-47-66)93-60-34-24-55(25-35-60)73(6,7)58-30-40-64(41-31-58)96-77(14,15)67(85)75(10,11)71(2,3)53-79(18,78(16,17)81)69(87)91-50-48-83(20)21/h24-47,54H,48-53H2,1-23H3/t54?,79-,80?/m1/s1. The van der Waals surface area contributed by atoms with Gasteiger partial charge in [-0.3, -0.25) is 19.2 Å². The molecule has 0 aliphatic rings. The highest BCUT2D eigenvalue weighted by Gasteiger charge is 2.57. The fourth-order valence-corrected chi connectivity index (χ4v) is 13.9. The summed E-state index contributed by atoms with van der Waals surface area (Å²) in [4.78, 5) is 59.1. The smallest absolute Gasteiger partial charge is 0.322 e. The molecule has 0 aliphatic carbocycles. The molecule has 6 aromatic rings. The molecule has 0 N–H and O–H groups in total. The fraction of sp³-hybridized carbons (Fsp3) is 0.500. The Morgan fingerprint density at radius 2 is 0.804 bits per heavy atom. The summed E-state index contributed by atoms with van der Waals surface area (Å²) in [6.45, 7) is 38.9. The molecule has 3 atom stereocenters. The van der Waals surface area contributed by atoms with Crippen molar-refractivity contribution >= 4 is 65.4 Å². The van der Waals surface area contributed by atoms with Crippen molar-refractivity contribution in [2.75, 3.05) is 54.5 Å². The SMILES string of the molecule is CC(CC(C)(Br)C(=O)OCCN(C)C)C(C)(C)C(=O)Oc1ccc(C(C)(C)c2ccc(OC(C)(C)c3ccc(S(=O)(=O)c4ccc(Oc5ccc(C(C)(C)c6ccc(OC(C)(C)C(=O)C(C)(C)C(C)(C)C[C@](C)(C(=O)OCCN(C)C)C(C)(C)Br)cc6)cc5)cc4)cc3)cc2)cc1. The lowest BCUT2D eigenvalue weighted by Gasteiger charge is -2.50. The Kier molecular flexibility index (Phi) is 24.8. The Balaban J connectivity index is 1.02. The lowest BCUT2D eigenvalue weighted by molar-refractivity contribution is -0.163. The number of sulfone groups is 1. The Hall–Kier alpha value is -6.37. The molecule has 0 radical (unpaired) electrons. The van der Waals surface area contributed by atoms with Crippen LogP contribution in [0.2, 0.25) is 0 Å². The number of ketones is 1. The van der Waals surface area contributed by atoms with Crippen molar-refractivity contribution in [3.05, 3.63) is 173 Å². The first-order valence-corrected chi connectivity index (χ1v) is 36.3. The van der Waals surface area contributed by atoms with Gasteiger partial charge in [-0.15, -0.1) is 0 Å².